The Kier molecular flexibility index (Phi) is 2.50. The van der Waals surface area contributed by atoms with Crippen molar-refractivity contribution in [2.75, 3.05) is 13.2 Å². The summed E-state index contributed by atoms with van der Waals surface area (Å²) in [4.78, 5) is 1.42. The van der Waals surface area contributed by atoms with Crippen LogP contribution >= 0.6 is 27.3 Å². The normalized spacial score (nSPS) is 22.3. The van der Waals surface area contributed by atoms with Crippen LogP contribution in [0.25, 0.3) is 0 Å². The van der Waals surface area contributed by atoms with E-state index < -0.39 is 0 Å². The molecule has 1 aromatic rings. The molecule has 0 amide bonds. The monoisotopic (exact) mass is 247 g/mol. The molecular weight excluding hydrogens is 238 g/mol. The Morgan fingerprint density at radius 1 is 1.75 bits per heavy atom. The lowest BCUT2D eigenvalue weighted by Gasteiger charge is -2.22. The van der Waals surface area contributed by atoms with Crippen LogP contribution in [-0.4, -0.2) is 13.2 Å². The smallest absolute Gasteiger partial charge is 0.0968 e. The highest BCUT2D eigenvalue weighted by molar-refractivity contribution is 9.10. The summed E-state index contributed by atoms with van der Waals surface area (Å²) in [6.07, 6.45) is 1.14. The van der Waals surface area contributed by atoms with Crippen molar-refractivity contribution in [1.29, 1.82) is 0 Å². The molecule has 1 aliphatic heterocycles. The van der Waals surface area contributed by atoms with Crippen molar-refractivity contribution in [3.8, 4) is 0 Å². The number of rotatable bonds is 1. The van der Waals surface area contributed by atoms with Gasteiger partial charge in [0.15, 0.2) is 0 Å². The Bertz CT molecular complexity index is 287. The van der Waals surface area contributed by atoms with Crippen molar-refractivity contribution < 1.29 is 4.74 Å². The van der Waals surface area contributed by atoms with Crippen LogP contribution in [0.2, 0.25) is 0 Å². The predicted octanol–water partition coefficient (Wildman–Crippen LogP) is 2.08. The molecule has 2 nitrogen and oxygen atoms in total. The van der Waals surface area contributed by atoms with Crippen molar-refractivity contribution in [2.45, 2.75) is 12.5 Å². The highest BCUT2D eigenvalue weighted by Gasteiger charge is 2.23. The molecule has 0 radical (unpaired) electrons. The van der Waals surface area contributed by atoms with E-state index in [4.69, 9.17) is 10.5 Å². The number of fused-ring (bicyclic) bond motifs is 1. The van der Waals surface area contributed by atoms with Gasteiger partial charge in [0.2, 0.25) is 0 Å². The van der Waals surface area contributed by atoms with Crippen molar-refractivity contribution in [2.24, 2.45) is 5.73 Å². The minimum absolute atomic E-state index is 0.106. The summed E-state index contributed by atoms with van der Waals surface area (Å²) in [7, 11) is 0. The largest absolute Gasteiger partial charge is 0.372 e. The van der Waals surface area contributed by atoms with Gasteiger partial charge in [0.05, 0.1) is 12.7 Å². The summed E-state index contributed by atoms with van der Waals surface area (Å²) >= 11 is 5.30. The number of ether oxygens (including phenoxy) is 1. The maximum Gasteiger partial charge on any atom is 0.0968 e. The van der Waals surface area contributed by atoms with Gasteiger partial charge in [-0.2, -0.15) is 0 Å². The van der Waals surface area contributed by atoms with Gasteiger partial charge in [0.25, 0.3) is 0 Å². The second-order valence-electron chi connectivity index (χ2n) is 2.77. The first kappa shape index (κ1) is 8.69. The third-order valence-corrected chi connectivity index (χ3v) is 4.07. The van der Waals surface area contributed by atoms with Crippen LogP contribution in [0.1, 0.15) is 16.5 Å². The fraction of sp³-hybridized carbons (Fsp3) is 0.500. The summed E-state index contributed by atoms with van der Waals surface area (Å²) in [5.74, 6) is 0. The van der Waals surface area contributed by atoms with Crippen LogP contribution in [0.3, 0.4) is 0 Å². The van der Waals surface area contributed by atoms with Crippen molar-refractivity contribution in [1.82, 2.24) is 0 Å². The second kappa shape index (κ2) is 3.46. The van der Waals surface area contributed by atoms with Crippen LogP contribution in [0, 0.1) is 0 Å². The van der Waals surface area contributed by atoms with Gasteiger partial charge in [-0.15, -0.1) is 11.3 Å². The quantitative estimate of drug-likeness (QED) is 0.825. The minimum Gasteiger partial charge on any atom is -0.372 e. The summed E-state index contributed by atoms with van der Waals surface area (Å²) in [6.45, 7) is 1.38. The molecule has 2 N–H and O–H groups in total. The molecule has 66 valence electrons. The lowest BCUT2D eigenvalue weighted by molar-refractivity contribution is 0.0493. The van der Waals surface area contributed by atoms with Gasteiger partial charge in [-0.25, -0.2) is 0 Å². The van der Waals surface area contributed by atoms with Crippen LogP contribution < -0.4 is 5.73 Å². The average molecular weight is 248 g/mol. The number of nitrogens with two attached hydrogens (primary N) is 1. The third kappa shape index (κ3) is 1.33. The van der Waals surface area contributed by atoms with Gasteiger partial charge >= 0.3 is 0 Å². The van der Waals surface area contributed by atoms with Crippen LogP contribution in [0.15, 0.2) is 9.85 Å². The molecule has 12 heavy (non-hydrogen) atoms. The van der Waals surface area contributed by atoms with Crippen molar-refractivity contribution in [3.63, 3.8) is 0 Å². The summed E-state index contributed by atoms with van der Waals surface area (Å²) < 4.78 is 6.70. The van der Waals surface area contributed by atoms with Crippen LogP contribution in [0.4, 0.5) is 0 Å². The second-order valence-corrected chi connectivity index (χ2v) is 4.58. The van der Waals surface area contributed by atoms with E-state index in [9.17, 15) is 0 Å². The molecule has 0 aromatic carbocycles. The molecule has 2 heterocycles. The summed E-state index contributed by atoms with van der Waals surface area (Å²) in [6, 6.07) is 0. The Labute approximate surface area is 83.8 Å². The van der Waals surface area contributed by atoms with Crippen molar-refractivity contribution in [3.05, 3.63) is 20.3 Å². The number of thiophene rings is 1. The Balaban J connectivity index is 2.41. The Morgan fingerprint density at radius 2 is 2.58 bits per heavy atom. The lowest BCUT2D eigenvalue weighted by Crippen LogP contribution is -2.21. The first-order chi connectivity index (χ1) is 5.83. The van der Waals surface area contributed by atoms with Gasteiger partial charge in [0, 0.05) is 33.3 Å². The summed E-state index contributed by atoms with van der Waals surface area (Å²) in [5, 5.41) is 2.11. The van der Waals surface area contributed by atoms with Gasteiger partial charge in [0.1, 0.15) is 0 Å². The highest BCUT2D eigenvalue weighted by Crippen LogP contribution is 2.37. The van der Waals surface area contributed by atoms with E-state index in [0.29, 0.717) is 6.54 Å². The maximum absolute atomic E-state index is 5.60. The zero-order valence-corrected chi connectivity index (χ0v) is 8.95. The fourth-order valence-corrected chi connectivity index (χ4v) is 3.32. The molecule has 0 aliphatic carbocycles. The van der Waals surface area contributed by atoms with E-state index in [1.165, 1.54) is 10.4 Å². The average Bonchev–Trinajstić information content (AvgIpc) is 2.48. The first-order valence-electron chi connectivity index (χ1n) is 3.90. The third-order valence-electron chi connectivity index (χ3n) is 2.05. The van der Waals surface area contributed by atoms with Gasteiger partial charge < -0.3 is 10.5 Å². The predicted molar refractivity (Wildman–Crippen MR) is 53.5 cm³/mol. The van der Waals surface area contributed by atoms with E-state index >= 15 is 0 Å². The SMILES string of the molecule is NCC1OCCc2scc(Br)c21. The molecule has 4 heteroatoms. The lowest BCUT2D eigenvalue weighted by atomic mass is 10.1. The highest BCUT2D eigenvalue weighted by atomic mass is 79.9. The molecule has 1 atom stereocenters. The fourth-order valence-electron chi connectivity index (χ4n) is 1.47. The first-order valence-corrected chi connectivity index (χ1v) is 5.57. The molecule has 0 fully saturated rings. The molecule has 1 aliphatic rings. The number of hydrogen-bond acceptors (Lipinski definition) is 3. The number of hydrogen-bond donors (Lipinski definition) is 1. The van der Waals surface area contributed by atoms with E-state index in [0.717, 1.165) is 17.5 Å². The molecule has 0 bridgehead atoms. The van der Waals surface area contributed by atoms with Gasteiger partial charge in [-0.1, -0.05) is 0 Å². The zero-order valence-electron chi connectivity index (χ0n) is 6.55. The molecule has 0 saturated carbocycles. The standard InChI is InChI=1S/C8H10BrNOS/c9-5-4-12-7-1-2-11-6(3-10)8(5)7/h4,6H,1-3,10H2. The van der Waals surface area contributed by atoms with Gasteiger partial charge in [-0.05, 0) is 15.9 Å². The Hall–Kier alpha value is 0.100. The summed E-state index contributed by atoms with van der Waals surface area (Å²) in [5.41, 5.74) is 6.88. The van der Waals surface area contributed by atoms with E-state index in [1.54, 1.807) is 11.3 Å². The molecule has 1 aromatic heterocycles. The maximum atomic E-state index is 5.60. The number of halogens is 1. The van der Waals surface area contributed by atoms with Crippen molar-refractivity contribution >= 4 is 27.3 Å². The molecule has 0 saturated heterocycles. The molecular formula is C8H10BrNOS. The van der Waals surface area contributed by atoms with Gasteiger partial charge in [-0.3, -0.25) is 0 Å². The van der Waals surface area contributed by atoms with E-state index in [1.807, 2.05) is 0 Å². The topological polar surface area (TPSA) is 35.2 Å². The Morgan fingerprint density at radius 3 is 3.33 bits per heavy atom. The molecule has 2 rings (SSSR count). The molecule has 1 unspecified atom stereocenters. The van der Waals surface area contributed by atoms with Crippen LogP contribution in [0.5, 0.6) is 0 Å². The zero-order chi connectivity index (χ0) is 8.55. The van der Waals surface area contributed by atoms with Crippen LogP contribution in [-0.2, 0) is 11.2 Å². The van der Waals surface area contributed by atoms with E-state index in [-0.39, 0.29) is 6.10 Å². The molecule has 0 spiro atoms. The van der Waals surface area contributed by atoms with E-state index in [2.05, 4.69) is 21.3 Å². The minimum atomic E-state index is 0.106.